The van der Waals surface area contributed by atoms with E-state index in [0.29, 0.717) is 11.1 Å². The highest BCUT2D eigenvalue weighted by molar-refractivity contribution is 6.12. The van der Waals surface area contributed by atoms with Crippen LogP contribution in [0.3, 0.4) is 0 Å². The maximum Gasteiger partial charge on any atom is 0.186 e. The number of aryl methyl sites for hydroxylation is 2. The number of carbonyl (C=O) groups is 2. The Bertz CT molecular complexity index is 622. The molecule has 0 heterocycles. The molecular formula is C18H16O2. The molecule has 0 unspecified atom stereocenters. The number of allylic oxidation sites excluding steroid dienone is 2. The van der Waals surface area contributed by atoms with Crippen molar-refractivity contribution in [2.75, 3.05) is 0 Å². The van der Waals surface area contributed by atoms with Gasteiger partial charge in [0.25, 0.3) is 0 Å². The van der Waals surface area contributed by atoms with Crippen LogP contribution in [0.2, 0.25) is 0 Å². The molecule has 0 bridgehead atoms. The molecule has 0 saturated carbocycles. The molecule has 0 spiro atoms. The maximum absolute atomic E-state index is 12.0. The van der Waals surface area contributed by atoms with Crippen molar-refractivity contribution in [3.05, 3.63) is 82.9 Å². The zero-order chi connectivity index (χ0) is 14.5. The van der Waals surface area contributed by atoms with Gasteiger partial charge in [-0.2, -0.15) is 0 Å². The maximum atomic E-state index is 12.0. The average Bonchev–Trinajstić information content (AvgIpc) is 2.45. The Morgan fingerprint density at radius 2 is 1.05 bits per heavy atom. The van der Waals surface area contributed by atoms with Crippen LogP contribution >= 0.6 is 0 Å². The van der Waals surface area contributed by atoms with E-state index in [-0.39, 0.29) is 11.6 Å². The fourth-order valence-corrected chi connectivity index (χ4v) is 2.03. The monoisotopic (exact) mass is 264 g/mol. The van der Waals surface area contributed by atoms with Gasteiger partial charge in [-0.25, -0.2) is 0 Å². The summed E-state index contributed by atoms with van der Waals surface area (Å²) >= 11 is 0. The summed E-state index contributed by atoms with van der Waals surface area (Å²) in [7, 11) is 0. The lowest BCUT2D eigenvalue weighted by molar-refractivity contribution is 0.102. The number of benzene rings is 2. The normalized spacial score (nSPS) is 10.7. The van der Waals surface area contributed by atoms with E-state index in [2.05, 4.69) is 0 Å². The second-order valence-electron chi connectivity index (χ2n) is 4.69. The van der Waals surface area contributed by atoms with Gasteiger partial charge in [-0.05, 0) is 37.1 Å². The predicted molar refractivity (Wildman–Crippen MR) is 80.2 cm³/mol. The summed E-state index contributed by atoms with van der Waals surface area (Å²) in [4.78, 5) is 24.1. The van der Waals surface area contributed by atoms with Crippen LogP contribution in [-0.4, -0.2) is 11.6 Å². The van der Waals surface area contributed by atoms with Gasteiger partial charge >= 0.3 is 0 Å². The van der Waals surface area contributed by atoms with E-state index in [0.717, 1.165) is 11.1 Å². The van der Waals surface area contributed by atoms with Crippen LogP contribution < -0.4 is 0 Å². The van der Waals surface area contributed by atoms with Gasteiger partial charge in [0, 0.05) is 11.1 Å². The number of hydrogen-bond donors (Lipinski definition) is 0. The molecule has 2 heteroatoms. The van der Waals surface area contributed by atoms with Crippen molar-refractivity contribution >= 4 is 11.6 Å². The molecule has 0 fully saturated rings. The first kappa shape index (κ1) is 13.9. The van der Waals surface area contributed by atoms with E-state index in [4.69, 9.17) is 0 Å². The molecular weight excluding hydrogens is 248 g/mol. The van der Waals surface area contributed by atoms with Crippen molar-refractivity contribution in [1.29, 1.82) is 0 Å². The van der Waals surface area contributed by atoms with Crippen LogP contribution in [0, 0.1) is 13.8 Å². The predicted octanol–water partition coefficient (Wildman–Crippen LogP) is 3.93. The molecule has 0 amide bonds. The molecule has 0 N–H and O–H groups in total. The second-order valence-corrected chi connectivity index (χ2v) is 4.69. The fraction of sp³-hybridized carbons (Fsp3) is 0.111. The summed E-state index contributed by atoms with van der Waals surface area (Å²) in [6, 6.07) is 14.7. The van der Waals surface area contributed by atoms with Gasteiger partial charge in [-0.15, -0.1) is 0 Å². The Hall–Kier alpha value is -2.48. The number of carbonyl (C=O) groups excluding carboxylic acids is 2. The zero-order valence-electron chi connectivity index (χ0n) is 11.6. The van der Waals surface area contributed by atoms with Crippen molar-refractivity contribution in [2.45, 2.75) is 13.8 Å². The molecule has 2 nitrogen and oxygen atoms in total. The average molecular weight is 264 g/mol. The van der Waals surface area contributed by atoms with Crippen LogP contribution in [0.4, 0.5) is 0 Å². The minimum absolute atomic E-state index is 0.148. The molecule has 0 aliphatic rings. The van der Waals surface area contributed by atoms with E-state index >= 15 is 0 Å². The highest BCUT2D eigenvalue weighted by atomic mass is 16.1. The SMILES string of the molecule is Cc1ccccc1C(=O)C=CC(=O)c1ccccc1C. The molecule has 0 aliphatic carbocycles. The Morgan fingerprint density at radius 3 is 1.40 bits per heavy atom. The summed E-state index contributed by atoms with van der Waals surface area (Å²) in [5.74, 6) is -0.296. The molecule has 0 radical (unpaired) electrons. The Morgan fingerprint density at radius 1 is 0.700 bits per heavy atom. The molecule has 0 saturated heterocycles. The van der Waals surface area contributed by atoms with E-state index in [9.17, 15) is 9.59 Å². The topological polar surface area (TPSA) is 34.1 Å². The van der Waals surface area contributed by atoms with E-state index in [1.807, 2.05) is 50.2 Å². The number of hydrogen-bond acceptors (Lipinski definition) is 2. The van der Waals surface area contributed by atoms with Crippen molar-refractivity contribution in [2.24, 2.45) is 0 Å². The molecule has 2 aromatic rings. The Kier molecular flexibility index (Phi) is 4.26. The molecule has 20 heavy (non-hydrogen) atoms. The van der Waals surface area contributed by atoms with E-state index < -0.39 is 0 Å². The van der Waals surface area contributed by atoms with Crippen molar-refractivity contribution in [3.8, 4) is 0 Å². The lowest BCUT2D eigenvalue weighted by atomic mass is 10.0. The summed E-state index contributed by atoms with van der Waals surface area (Å²) in [6.07, 6.45) is 2.69. The number of rotatable bonds is 4. The Labute approximate surface area is 118 Å². The van der Waals surface area contributed by atoms with Gasteiger partial charge in [-0.1, -0.05) is 48.5 Å². The van der Waals surface area contributed by atoms with Crippen LogP contribution in [-0.2, 0) is 0 Å². The molecule has 2 aromatic carbocycles. The lowest BCUT2D eigenvalue weighted by Crippen LogP contribution is -2.01. The number of ketones is 2. The second kappa shape index (κ2) is 6.11. The first-order valence-corrected chi connectivity index (χ1v) is 6.47. The standard InChI is InChI=1S/C18H16O2/c1-13-7-3-5-9-15(13)17(19)11-12-18(20)16-10-6-4-8-14(16)2/h3-12H,1-2H3. The van der Waals surface area contributed by atoms with Gasteiger partial charge in [0.2, 0.25) is 0 Å². The minimum Gasteiger partial charge on any atom is -0.289 e. The molecule has 2 rings (SSSR count). The highest BCUT2D eigenvalue weighted by Crippen LogP contribution is 2.11. The van der Waals surface area contributed by atoms with E-state index in [1.165, 1.54) is 12.2 Å². The molecule has 100 valence electrons. The van der Waals surface area contributed by atoms with Crippen LogP contribution in [0.15, 0.2) is 60.7 Å². The van der Waals surface area contributed by atoms with E-state index in [1.54, 1.807) is 12.1 Å². The fourth-order valence-electron chi connectivity index (χ4n) is 2.03. The first-order chi connectivity index (χ1) is 9.59. The van der Waals surface area contributed by atoms with Gasteiger partial charge in [0.15, 0.2) is 11.6 Å². The lowest BCUT2D eigenvalue weighted by Gasteiger charge is -2.01. The Balaban J connectivity index is 2.18. The van der Waals surface area contributed by atoms with Crippen LogP contribution in [0.5, 0.6) is 0 Å². The van der Waals surface area contributed by atoms with Crippen molar-refractivity contribution < 1.29 is 9.59 Å². The quantitative estimate of drug-likeness (QED) is 0.619. The van der Waals surface area contributed by atoms with Crippen LogP contribution in [0.1, 0.15) is 31.8 Å². The summed E-state index contributed by atoms with van der Waals surface area (Å²) in [5.41, 5.74) is 3.07. The largest absolute Gasteiger partial charge is 0.289 e. The van der Waals surface area contributed by atoms with Gasteiger partial charge in [0.05, 0.1) is 0 Å². The zero-order valence-corrected chi connectivity index (χ0v) is 11.6. The molecule has 0 aliphatic heterocycles. The first-order valence-electron chi connectivity index (χ1n) is 6.47. The van der Waals surface area contributed by atoms with Crippen molar-refractivity contribution in [3.63, 3.8) is 0 Å². The van der Waals surface area contributed by atoms with Gasteiger partial charge < -0.3 is 0 Å². The summed E-state index contributed by atoms with van der Waals surface area (Å²) < 4.78 is 0. The van der Waals surface area contributed by atoms with Crippen LogP contribution in [0.25, 0.3) is 0 Å². The van der Waals surface area contributed by atoms with Gasteiger partial charge in [0.1, 0.15) is 0 Å². The third kappa shape index (κ3) is 3.09. The minimum atomic E-state index is -0.148. The molecule has 0 atom stereocenters. The third-order valence-corrected chi connectivity index (χ3v) is 3.21. The third-order valence-electron chi connectivity index (χ3n) is 3.21. The highest BCUT2D eigenvalue weighted by Gasteiger charge is 2.07. The smallest absolute Gasteiger partial charge is 0.186 e. The van der Waals surface area contributed by atoms with Crippen molar-refractivity contribution in [1.82, 2.24) is 0 Å². The van der Waals surface area contributed by atoms with Gasteiger partial charge in [-0.3, -0.25) is 9.59 Å². The summed E-state index contributed by atoms with van der Waals surface area (Å²) in [6.45, 7) is 3.76. The summed E-state index contributed by atoms with van der Waals surface area (Å²) in [5, 5.41) is 0. The molecule has 0 aromatic heterocycles.